The van der Waals surface area contributed by atoms with Gasteiger partial charge in [-0.05, 0) is 61.9 Å². The van der Waals surface area contributed by atoms with Gasteiger partial charge in [0.1, 0.15) is 11.5 Å². The van der Waals surface area contributed by atoms with Crippen LogP contribution in [0.25, 0.3) is 17.4 Å². The van der Waals surface area contributed by atoms with Crippen LogP contribution in [0, 0.1) is 0 Å². The van der Waals surface area contributed by atoms with Crippen molar-refractivity contribution in [2.45, 2.75) is 19.9 Å². The fraction of sp³-hybridized carbons (Fsp3) is 0.207. The summed E-state index contributed by atoms with van der Waals surface area (Å²) in [5.74, 6) is 1.39. The lowest BCUT2D eigenvalue weighted by Gasteiger charge is -2.26. The summed E-state index contributed by atoms with van der Waals surface area (Å²) in [7, 11) is 3.05. The number of thiazole rings is 1. The summed E-state index contributed by atoms with van der Waals surface area (Å²) in [6, 6.07) is 11.4. The molecule has 0 radical (unpaired) electrons. The van der Waals surface area contributed by atoms with Crippen LogP contribution in [0.2, 0.25) is 10.0 Å². The maximum absolute atomic E-state index is 13.9. The molecular formula is C29H23BrCl2N2O6S. The van der Waals surface area contributed by atoms with Crippen molar-refractivity contribution in [2.24, 2.45) is 4.99 Å². The monoisotopic (exact) mass is 676 g/mol. The highest BCUT2D eigenvalue weighted by atomic mass is 79.9. The number of rotatable bonds is 7. The van der Waals surface area contributed by atoms with E-state index in [0.29, 0.717) is 58.1 Å². The van der Waals surface area contributed by atoms with Crippen LogP contribution in [0.3, 0.4) is 0 Å². The Bertz CT molecular complexity index is 1890. The van der Waals surface area contributed by atoms with E-state index in [-0.39, 0.29) is 17.7 Å². The molecule has 12 heteroatoms. The van der Waals surface area contributed by atoms with Gasteiger partial charge >= 0.3 is 5.97 Å². The van der Waals surface area contributed by atoms with Crippen molar-refractivity contribution in [3.8, 4) is 22.8 Å². The minimum absolute atomic E-state index is 0.166. The van der Waals surface area contributed by atoms with E-state index in [0.717, 1.165) is 5.56 Å². The Hall–Kier alpha value is -3.31. The third-order valence-electron chi connectivity index (χ3n) is 6.42. The van der Waals surface area contributed by atoms with Crippen molar-refractivity contribution >= 4 is 62.5 Å². The van der Waals surface area contributed by atoms with Crippen LogP contribution in [0.1, 0.15) is 31.2 Å². The van der Waals surface area contributed by atoms with Gasteiger partial charge in [-0.3, -0.25) is 9.36 Å². The first-order chi connectivity index (χ1) is 19.7. The summed E-state index contributed by atoms with van der Waals surface area (Å²) >= 11 is 17.0. The summed E-state index contributed by atoms with van der Waals surface area (Å²) < 4.78 is 24.8. The molecule has 1 aliphatic heterocycles. The van der Waals surface area contributed by atoms with E-state index in [2.05, 4.69) is 20.9 Å². The molecule has 0 spiro atoms. The van der Waals surface area contributed by atoms with Crippen LogP contribution in [-0.4, -0.2) is 31.4 Å². The van der Waals surface area contributed by atoms with Gasteiger partial charge in [-0.15, -0.1) is 0 Å². The number of esters is 1. The van der Waals surface area contributed by atoms with Gasteiger partial charge in [0, 0.05) is 16.1 Å². The molecule has 41 heavy (non-hydrogen) atoms. The second-order valence-corrected chi connectivity index (χ2v) is 11.5. The molecule has 0 N–H and O–H groups in total. The molecular weight excluding hydrogens is 655 g/mol. The highest BCUT2D eigenvalue weighted by Gasteiger charge is 2.35. The van der Waals surface area contributed by atoms with E-state index in [1.807, 2.05) is 0 Å². The first kappa shape index (κ1) is 29.2. The Morgan fingerprint density at radius 1 is 1.12 bits per heavy atom. The number of nitrogens with zero attached hydrogens (tertiary/aromatic N) is 2. The van der Waals surface area contributed by atoms with Crippen LogP contribution in [-0.2, 0) is 9.53 Å². The van der Waals surface area contributed by atoms with Crippen LogP contribution in [0.15, 0.2) is 72.4 Å². The summed E-state index contributed by atoms with van der Waals surface area (Å²) in [6.07, 6.45) is 1.65. The van der Waals surface area contributed by atoms with Crippen molar-refractivity contribution in [3.63, 3.8) is 0 Å². The molecule has 5 rings (SSSR count). The Labute approximate surface area is 257 Å². The van der Waals surface area contributed by atoms with Crippen molar-refractivity contribution in [1.82, 2.24) is 4.57 Å². The number of aromatic nitrogens is 1. The fourth-order valence-electron chi connectivity index (χ4n) is 4.53. The quantitative estimate of drug-likeness (QED) is 0.218. The first-order valence-electron chi connectivity index (χ1n) is 12.3. The van der Waals surface area contributed by atoms with Gasteiger partial charge in [-0.1, -0.05) is 50.5 Å². The number of hydrogen-bond acceptors (Lipinski definition) is 8. The average molecular weight is 678 g/mol. The Balaban J connectivity index is 1.68. The number of halogens is 3. The topological polar surface area (TPSA) is 92.3 Å². The predicted octanol–water partition coefficient (Wildman–Crippen LogP) is 6.14. The van der Waals surface area contributed by atoms with E-state index in [4.69, 9.17) is 41.8 Å². The maximum Gasteiger partial charge on any atom is 0.338 e. The van der Waals surface area contributed by atoms with Crippen LogP contribution >= 0.6 is 50.5 Å². The largest absolute Gasteiger partial charge is 0.493 e. The zero-order valence-corrected chi connectivity index (χ0v) is 26.2. The van der Waals surface area contributed by atoms with Gasteiger partial charge in [0.2, 0.25) is 0 Å². The van der Waals surface area contributed by atoms with E-state index in [9.17, 15) is 9.59 Å². The number of hydrogen-bond donors (Lipinski definition) is 0. The van der Waals surface area contributed by atoms with Gasteiger partial charge in [-0.2, -0.15) is 0 Å². The van der Waals surface area contributed by atoms with Gasteiger partial charge in [-0.25, -0.2) is 9.79 Å². The number of benzene rings is 2. The lowest BCUT2D eigenvalue weighted by molar-refractivity contribution is -0.139. The van der Waals surface area contributed by atoms with Gasteiger partial charge < -0.3 is 18.6 Å². The number of allylic oxidation sites excluding steroid dienone is 1. The molecule has 1 atom stereocenters. The molecule has 8 nitrogen and oxygen atoms in total. The Kier molecular flexibility index (Phi) is 8.47. The molecule has 0 aliphatic carbocycles. The molecule has 212 valence electrons. The third kappa shape index (κ3) is 5.49. The number of carbonyl (C=O) groups is 1. The molecule has 0 saturated carbocycles. The highest BCUT2D eigenvalue weighted by molar-refractivity contribution is 9.10. The molecule has 2 aromatic heterocycles. The molecule has 3 heterocycles. The molecule has 0 fully saturated rings. The smallest absolute Gasteiger partial charge is 0.338 e. The Morgan fingerprint density at radius 3 is 2.54 bits per heavy atom. The van der Waals surface area contributed by atoms with Crippen LogP contribution in [0.4, 0.5) is 0 Å². The summed E-state index contributed by atoms with van der Waals surface area (Å²) in [6.45, 7) is 3.61. The lowest BCUT2D eigenvalue weighted by atomic mass is 9.95. The predicted molar refractivity (Wildman–Crippen MR) is 162 cm³/mol. The number of carbonyl (C=O) groups excluding carboxylic acids is 1. The van der Waals surface area contributed by atoms with Crippen molar-refractivity contribution < 1.29 is 23.4 Å². The van der Waals surface area contributed by atoms with Crippen molar-refractivity contribution in [2.75, 3.05) is 20.8 Å². The Morgan fingerprint density at radius 2 is 1.85 bits per heavy atom. The molecule has 0 saturated heterocycles. The third-order valence-corrected chi connectivity index (χ3v) is 8.83. The second kappa shape index (κ2) is 11.9. The average Bonchev–Trinajstić information content (AvgIpc) is 3.53. The molecule has 2 aromatic carbocycles. The molecule has 4 aromatic rings. The zero-order valence-electron chi connectivity index (χ0n) is 22.3. The van der Waals surface area contributed by atoms with Gasteiger partial charge in [0.05, 0.1) is 52.7 Å². The van der Waals surface area contributed by atoms with Crippen molar-refractivity contribution in [3.05, 3.63) is 99.3 Å². The summed E-state index contributed by atoms with van der Waals surface area (Å²) in [5, 5.41) is 0.848. The van der Waals surface area contributed by atoms with Crippen LogP contribution < -0.4 is 24.4 Å². The molecule has 0 amide bonds. The SMILES string of the molecule is CCOC(=O)C1=C(C)N=c2s/c(=C\c3ccc(-c4ccc(Cl)c(Cl)c4)o3)c(=O)n2C1c1cc(OC)c(OC)cc1Br. The van der Waals surface area contributed by atoms with Crippen LogP contribution in [0.5, 0.6) is 11.5 Å². The van der Waals surface area contributed by atoms with Gasteiger partial charge in [0.25, 0.3) is 5.56 Å². The number of furan rings is 1. The van der Waals surface area contributed by atoms with E-state index in [1.54, 1.807) is 62.4 Å². The van der Waals surface area contributed by atoms with E-state index < -0.39 is 12.0 Å². The molecule has 1 unspecified atom stereocenters. The first-order valence-corrected chi connectivity index (χ1v) is 14.7. The summed E-state index contributed by atoms with van der Waals surface area (Å²) in [5.41, 5.74) is 1.70. The maximum atomic E-state index is 13.9. The summed E-state index contributed by atoms with van der Waals surface area (Å²) in [4.78, 5) is 32.2. The van der Waals surface area contributed by atoms with E-state index >= 15 is 0 Å². The number of methoxy groups -OCH3 is 2. The normalized spacial score (nSPS) is 15.0. The van der Waals surface area contributed by atoms with Crippen molar-refractivity contribution in [1.29, 1.82) is 0 Å². The second-order valence-electron chi connectivity index (χ2n) is 8.86. The number of fused-ring (bicyclic) bond motifs is 1. The lowest BCUT2D eigenvalue weighted by Crippen LogP contribution is -2.40. The standard InChI is InChI=1S/C29H23BrCl2N2O6S/c1-5-39-28(36)25-14(2)33-29-34(26(25)17-12-22(37-3)23(38-4)13-18(17)30)27(35)24(41-29)11-16-7-9-21(40-16)15-6-8-19(31)20(32)10-15/h6-13,26H,5H2,1-4H3/b24-11-. The molecule has 0 bridgehead atoms. The van der Waals surface area contributed by atoms with Gasteiger partial charge in [0.15, 0.2) is 16.3 Å². The fourth-order valence-corrected chi connectivity index (χ4v) is 6.39. The minimum Gasteiger partial charge on any atom is -0.493 e. The zero-order chi connectivity index (χ0) is 29.4. The number of ether oxygens (including phenoxy) is 3. The highest BCUT2D eigenvalue weighted by Crippen LogP contribution is 2.41. The molecule has 1 aliphatic rings. The van der Waals surface area contributed by atoms with E-state index in [1.165, 1.54) is 30.1 Å². The minimum atomic E-state index is -0.843.